The third-order valence-corrected chi connectivity index (χ3v) is 5.28. The molecule has 16 heavy (non-hydrogen) atoms. The number of alkyl halides is 1. The minimum atomic E-state index is -1.29. The average Bonchev–Trinajstić information content (AvgIpc) is 2.19. The summed E-state index contributed by atoms with van der Waals surface area (Å²) in [6, 6.07) is 1.28. The molecule has 0 nitrogen and oxygen atoms in total. The smallest absolute Gasteiger partial charge is 0.150 e. The highest BCUT2D eigenvalue weighted by Gasteiger charge is 2.15. The summed E-state index contributed by atoms with van der Waals surface area (Å²) in [5.41, 5.74) is 0. The largest absolute Gasteiger partial charge is 0.168 e. The van der Waals surface area contributed by atoms with Crippen LogP contribution in [0.4, 0.5) is 0 Å². The first kappa shape index (κ1) is 16.8. The summed E-state index contributed by atoms with van der Waals surface area (Å²) < 4.78 is 0. The number of halogens is 2. The molecule has 0 aliphatic carbocycles. The van der Waals surface area contributed by atoms with Gasteiger partial charge in [0.25, 0.3) is 0 Å². The molecule has 0 saturated heterocycles. The second-order valence-electron chi connectivity index (χ2n) is 5.34. The van der Waals surface area contributed by atoms with E-state index in [1.54, 1.807) is 0 Å². The minimum absolute atomic E-state index is 0.831. The van der Waals surface area contributed by atoms with E-state index >= 15 is 0 Å². The summed E-state index contributed by atoms with van der Waals surface area (Å²) in [4.78, 5) is 0. The Labute approximate surface area is 113 Å². The molecule has 0 N–H and O–H groups in total. The van der Waals surface area contributed by atoms with Gasteiger partial charge in [-0.25, -0.2) is 0 Å². The standard InChI is InChI=1S/C13H28Cl2Si/c1-16(2,15)13-11-9-7-5-3-4-6-8-10-12-14/h3-13H2,1-2H3. The maximum Gasteiger partial charge on any atom is 0.150 e. The van der Waals surface area contributed by atoms with Gasteiger partial charge in [0.15, 0.2) is 0 Å². The van der Waals surface area contributed by atoms with Gasteiger partial charge < -0.3 is 0 Å². The van der Waals surface area contributed by atoms with Crippen LogP contribution in [0, 0.1) is 0 Å². The fraction of sp³-hybridized carbons (Fsp3) is 1.00. The van der Waals surface area contributed by atoms with E-state index in [1.165, 1.54) is 63.8 Å². The molecule has 0 aliphatic heterocycles. The Bertz CT molecular complexity index is 143. The van der Waals surface area contributed by atoms with Gasteiger partial charge in [0, 0.05) is 5.88 Å². The van der Waals surface area contributed by atoms with E-state index in [0.717, 1.165) is 5.88 Å². The van der Waals surface area contributed by atoms with Gasteiger partial charge in [-0.15, -0.1) is 11.6 Å². The molecule has 0 fully saturated rings. The van der Waals surface area contributed by atoms with Crippen molar-refractivity contribution in [3.63, 3.8) is 0 Å². The summed E-state index contributed by atoms with van der Waals surface area (Å²) in [6.45, 7) is 4.48. The maximum absolute atomic E-state index is 6.27. The van der Waals surface area contributed by atoms with E-state index in [1.807, 2.05) is 0 Å². The third-order valence-electron chi connectivity index (χ3n) is 2.90. The van der Waals surface area contributed by atoms with Crippen LogP contribution >= 0.6 is 22.7 Å². The Morgan fingerprint density at radius 2 is 1.06 bits per heavy atom. The number of hydrogen-bond donors (Lipinski definition) is 0. The first-order valence-electron chi connectivity index (χ1n) is 6.81. The van der Waals surface area contributed by atoms with Crippen molar-refractivity contribution in [2.75, 3.05) is 5.88 Å². The van der Waals surface area contributed by atoms with Crippen molar-refractivity contribution in [1.29, 1.82) is 0 Å². The van der Waals surface area contributed by atoms with Crippen LogP contribution in [0.2, 0.25) is 19.1 Å². The maximum atomic E-state index is 6.27. The fourth-order valence-corrected chi connectivity index (χ4v) is 3.56. The molecule has 0 aromatic carbocycles. The van der Waals surface area contributed by atoms with Crippen molar-refractivity contribution < 1.29 is 0 Å². The van der Waals surface area contributed by atoms with Gasteiger partial charge in [0.1, 0.15) is 7.38 Å². The normalized spacial score (nSPS) is 12.0. The quantitative estimate of drug-likeness (QED) is 0.184. The molecule has 0 aromatic rings. The fourth-order valence-electron chi connectivity index (χ4n) is 1.88. The van der Waals surface area contributed by atoms with Crippen molar-refractivity contribution in [2.45, 2.75) is 76.9 Å². The van der Waals surface area contributed by atoms with Crippen LogP contribution in [0.25, 0.3) is 0 Å². The molecule has 0 aliphatic rings. The number of unbranched alkanes of at least 4 members (excludes halogenated alkanes) is 8. The van der Waals surface area contributed by atoms with E-state index in [-0.39, 0.29) is 0 Å². The molecular weight excluding hydrogens is 255 g/mol. The molecule has 0 spiro atoms. The van der Waals surface area contributed by atoms with E-state index in [9.17, 15) is 0 Å². The highest BCUT2D eigenvalue weighted by atomic mass is 35.6. The molecule has 0 heterocycles. The SMILES string of the molecule is C[Si](C)(Cl)CCCCCCCCCCCCl. The van der Waals surface area contributed by atoms with Gasteiger partial charge in [-0.05, 0) is 12.5 Å². The lowest BCUT2D eigenvalue weighted by Gasteiger charge is -2.11. The molecule has 0 aromatic heterocycles. The number of rotatable bonds is 11. The number of hydrogen-bond acceptors (Lipinski definition) is 0. The minimum Gasteiger partial charge on any atom is -0.168 e. The highest BCUT2D eigenvalue weighted by molar-refractivity contribution is 7.19. The van der Waals surface area contributed by atoms with E-state index in [2.05, 4.69) is 13.1 Å². The predicted molar refractivity (Wildman–Crippen MR) is 80.4 cm³/mol. The molecular formula is C13H28Cl2Si. The molecule has 0 radical (unpaired) electrons. The topological polar surface area (TPSA) is 0 Å². The van der Waals surface area contributed by atoms with Crippen LogP contribution < -0.4 is 0 Å². The second-order valence-corrected chi connectivity index (χ2v) is 12.7. The summed E-state index contributed by atoms with van der Waals surface area (Å²) in [7, 11) is -1.29. The molecule has 98 valence electrons. The lowest BCUT2D eigenvalue weighted by Crippen LogP contribution is -2.14. The molecule has 0 atom stereocenters. The Kier molecular flexibility index (Phi) is 11.5. The van der Waals surface area contributed by atoms with Crippen LogP contribution in [0.5, 0.6) is 0 Å². The summed E-state index contributed by atoms with van der Waals surface area (Å²) in [5.74, 6) is 0.831. The molecule has 0 unspecified atom stereocenters. The van der Waals surface area contributed by atoms with E-state index < -0.39 is 7.38 Å². The highest BCUT2D eigenvalue weighted by Crippen LogP contribution is 2.19. The van der Waals surface area contributed by atoms with Crippen LogP contribution in [0.1, 0.15) is 57.8 Å². The van der Waals surface area contributed by atoms with Crippen molar-refractivity contribution in [1.82, 2.24) is 0 Å². The first-order valence-corrected chi connectivity index (χ1v) is 11.6. The average molecular weight is 283 g/mol. The van der Waals surface area contributed by atoms with Crippen molar-refractivity contribution >= 4 is 30.1 Å². The Balaban J connectivity index is 2.99. The predicted octanol–water partition coefficient (Wildman–Crippen LogP) is 6.18. The second kappa shape index (κ2) is 10.9. The van der Waals surface area contributed by atoms with Crippen molar-refractivity contribution in [2.24, 2.45) is 0 Å². The summed E-state index contributed by atoms with van der Waals surface area (Å²) >= 11 is 11.9. The lowest BCUT2D eigenvalue weighted by atomic mass is 10.1. The zero-order valence-electron chi connectivity index (χ0n) is 11.0. The monoisotopic (exact) mass is 282 g/mol. The molecule has 0 bridgehead atoms. The van der Waals surface area contributed by atoms with E-state index in [0.29, 0.717) is 0 Å². The lowest BCUT2D eigenvalue weighted by molar-refractivity contribution is 0.572. The van der Waals surface area contributed by atoms with Gasteiger partial charge in [-0.1, -0.05) is 64.5 Å². The van der Waals surface area contributed by atoms with Crippen LogP contribution in [0.15, 0.2) is 0 Å². The van der Waals surface area contributed by atoms with Gasteiger partial charge in [-0.3, -0.25) is 0 Å². The van der Waals surface area contributed by atoms with Gasteiger partial charge >= 0.3 is 0 Å². The van der Waals surface area contributed by atoms with Crippen molar-refractivity contribution in [3.8, 4) is 0 Å². The molecule has 0 saturated carbocycles. The molecule has 3 heteroatoms. The first-order chi connectivity index (χ1) is 7.56. The van der Waals surface area contributed by atoms with Gasteiger partial charge in [-0.2, -0.15) is 11.1 Å². The van der Waals surface area contributed by atoms with Crippen LogP contribution in [0.3, 0.4) is 0 Å². The summed E-state index contributed by atoms with van der Waals surface area (Å²) in [6.07, 6.45) is 12.2. The van der Waals surface area contributed by atoms with Crippen LogP contribution in [-0.2, 0) is 0 Å². The Morgan fingerprint density at radius 3 is 1.44 bits per heavy atom. The Hall–Kier alpha value is 0.797. The molecule has 0 amide bonds. The Morgan fingerprint density at radius 1 is 0.688 bits per heavy atom. The van der Waals surface area contributed by atoms with Gasteiger partial charge in [0.05, 0.1) is 0 Å². The van der Waals surface area contributed by atoms with Gasteiger partial charge in [0.2, 0.25) is 0 Å². The van der Waals surface area contributed by atoms with Crippen LogP contribution in [-0.4, -0.2) is 13.3 Å². The molecule has 0 rings (SSSR count). The van der Waals surface area contributed by atoms with Crippen molar-refractivity contribution in [3.05, 3.63) is 0 Å². The zero-order chi connectivity index (χ0) is 12.3. The third kappa shape index (κ3) is 14.8. The summed E-state index contributed by atoms with van der Waals surface area (Å²) in [5, 5.41) is 0. The van der Waals surface area contributed by atoms with E-state index in [4.69, 9.17) is 22.7 Å². The zero-order valence-corrected chi connectivity index (χ0v) is 13.5.